The molecule has 0 aliphatic rings. The lowest BCUT2D eigenvalue weighted by Gasteiger charge is -2.19. The van der Waals surface area contributed by atoms with Gasteiger partial charge in [0.2, 0.25) is 0 Å². The van der Waals surface area contributed by atoms with E-state index >= 15 is 0 Å². The van der Waals surface area contributed by atoms with Gasteiger partial charge in [0.1, 0.15) is 5.75 Å². The van der Waals surface area contributed by atoms with E-state index < -0.39 is 0 Å². The fourth-order valence-corrected chi connectivity index (χ4v) is 2.15. The quantitative estimate of drug-likeness (QED) is 0.763. The summed E-state index contributed by atoms with van der Waals surface area (Å²) < 4.78 is 5.13. The van der Waals surface area contributed by atoms with Crippen LogP contribution < -0.4 is 4.74 Å². The first kappa shape index (κ1) is 15.8. The second kappa shape index (κ2) is 7.42. The van der Waals surface area contributed by atoms with E-state index in [1.165, 1.54) is 11.1 Å². The number of rotatable bonds is 7. The van der Waals surface area contributed by atoms with Crippen molar-refractivity contribution in [3.8, 4) is 17.0 Å². The molecule has 6 nitrogen and oxygen atoms in total. The molecule has 0 bridgehead atoms. The average Bonchev–Trinajstić information content (AvgIpc) is 3.03. The summed E-state index contributed by atoms with van der Waals surface area (Å²) in [6.07, 6.45) is 3.12. The van der Waals surface area contributed by atoms with Gasteiger partial charge in [-0.05, 0) is 24.3 Å². The molecule has 2 rings (SSSR count). The van der Waals surface area contributed by atoms with Gasteiger partial charge >= 0.3 is 0 Å². The van der Waals surface area contributed by atoms with Crippen molar-refractivity contribution >= 4 is 5.91 Å². The van der Waals surface area contributed by atoms with Gasteiger partial charge in [-0.25, -0.2) is 0 Å². The molecule has 2 N–H and O–H groups in total. The maximum Gasteiger partial charge on any atom is 0.258 e. The Morgan fingerprint density at radius 3 is 2.77 bits per heavy atom. The van der Waals surface area contributed by atoms with Crippen molar-refractivity contribution in [1.29, 1.82) is 0 Å². The Bertz CT molecular complexity index is 634. The Labute approximate surface area is 129 Å². The van der Waals surface area contributed by atoms with Gasteiger partial charge in [-0.1, -0.05) is 6.08 Å². The van der Waals surface area contributed by atoms with Crippen molar-refractivity contribution in [2.24, 2.45) is 0 Å². The number of aromatic amines is 1. The molecular weight excluding hydrogens is 282 g/mol. The zero-order valence-electron chi connectivity index (χ0n) is 12.5. The van der Waals surface area contributed by atoms with Crippen molar-refractivity contribution < 1.29 is 14.6 Å². The number of nitrogens with zero attached hydrogens (tertiary/aromatic N) is 2. The first-order valence-electron chi connectivity index (χ1n) is 6.90. The molecule has 1 heterocycles. The van der Waals surface area contributed by atoms with Gasteiger partial charge in [0, 0.05) is 18.7 Å². The summed E-state index contributed by atoms with van der Waals surface area (Å²) in [6, 6.07) is 7.35. The van der Waals surface area contributed by atoms with Gasteiger partial charge < -0.3 is 14.7 Å². The number of carbonyl (C=O) groups excluding carboxylic acids is 1. The second-order valence-corrected chi connectivity index (χ2v) is 4.65. The zero-order valence-corrected chi connectivity index (χ0v) is 12.5. The summed E-state index contributed by atoms with van der Waals surface area (Å²) in [5.74, 6) is 0.540. The van der Waals surface area contributed by atoms with E-state index in [2.05, 4.69) is 16.8 Å². The lowest BCUT2D eigenvalue weighted by atomic mass is 10.1. The maximum absolute atomic E-state index is 12.6. The molecule has 1 amide bonds. The summed E-state index contributed by atoms with van der Waals surface area (Å²) in [7, 11) is 1.60. The number of hydrogen-bond donors (Lipinski definition) is 2. The Balaban J connectivity index is 2.30. The second-order valence-electron chi connectivity index (χ2n) is 4.65. The van der Waals surface area contributed by atoms with Crippen molar-refractivity contribution in [2.75, 3.05) is 26.8 Å². The van der Waals surface area contributed by atoms with E-state index in [4.69, 9.17) is 9.84 Å². The Hall–Kier alpha value is -2.60. The summed E-state index contributed by atoms with van der Waals surface area (Å²) in [4.78, 5) is 14.1. The predicted molar refractivity (Wildman–Crippen MR) is 83.8 cm³/mol. The van der Waals surface area contributed by atoms with Gasteiger partial charge in [0.25, 0.3) is 5.91 Å². The van der Waals surface area contributed by atoms with Gasteiger partial charge in [-0.2, -0.15) is 5.10 Å². The molecule has 0 aliphatic heterocycles. The third-order valence-corrected chi connectivity index (χ3v) is 3.26. The van der Waals surface area contributed by atoms with Crippen molar-refractivity contribution in [3.05, 3.63) is 48.7 Å². The van der Waals surface area contributed by atoms with Crippen molar-refractivity contribution in [1.82, 2.24) is 15.1 Å². The van der Waals surface area contributed by atoms with Crippen LogP contribution in [0.5, 0.6) is 5.75 Å². The van der Waals surface area contributed by atoms with Gasteiger partial charge in [-0.15, -0.1) is 6.58 Å². The van der Waals surface area contributed by atoms with Crippen LogP contribution in [0.25, 0.3) is 11.3 Å². The first-order chi connectivity index (χ1) is 10.7. The minimum Gasteiger partial charge on any atom is -0.497 e. The molecule has 0 radical (unpaired) electrons. The Kier molecular flexibility index (Phi) is 5.32. The molecule has 22 heavy (non-hydrogen) atoms. The summed E-state index contributed by atoms with van der Waals surface area (Å²) in [5.41, 5.74) is 1.93. The van der Waals surface area contributed by atoms with E-state index in [0.29, 0.717) is 17.8 Å². The van der Waals surface area contributed by atoms with E-state index in [1.54, 1.807) is 13.2 Å². The molecule has 0 unspecified atom stereocenters. The highest BCUT2D eigenvalue weighted by Crippen LogP contribution is 2.24. The Morgan fingerprint density at radius 1 is 1.45 bits per heavy atom. The number of methoxy groups -OCH3 is 1. The molecule has 0 spiro atoms. The topological polar surface area (TPSA) is 78.5 Å². The van der Waals surface area contributed by atoms with E-state index in [-0.39, 0.29) is 19.1 Å². The highest BCUT2D eigenvalue weighted by Gasteiger charge is 2.20. The van der Waals surface area contributed by atoms with Gasteiger partial charge in [0.05, 0.1) is 31.2 Å². The first-order valence-corrected chi connectivity index (χ1v) is 6.90. The minimum atomic E-state index is -0.200. The molecule has 0 atom stereocenters. The number of H-pyrrole nitrogens is 1. The molecule has 1 aromatic carbocycles. The third-order valence-electron chi connectivity index (χ3n) is 3.26. The lowest BCUT2D eigenvalue weighted by Crippen LogP contribution is -2.33. The number of hydrogen-bond acceptors (Lipinski definition) is 4. The fraction of sp³-hybridized carbons (Fsp3) is 0.250. The highest BCUT2D eigenvalue weighted by atomic mass is 16.5. The molecule has 6 heteroatoms. The van der Waals surface area contributed by atoms with Crippen LogP contribution in [-0.2, 0) is 0 Å². The monoisotopic (exact) mass is 301 g/mol. The standard InChI is InChI=1S/C16H19N3O3/c1-3-8-19(9-10-20)16(21)14-11-17-18-15(14)12-4-6-13(22-2)7-5-12/h3-7,11,20H,1,8-10H2,2H3,(H,17,18). The zero-order chi connectivity index (χ0) is 15.9. The number of benzene rings is 1. The van der Waals surface area contributed by atoms with E-state index in [0.717, 1.165) is 11.3 Å². The van der Waals surface area contributed by atoms with Gasteiger partial charge in [-0.3, -0.25) is 9.89 Å². The summed E-state index contributed by atoms with van der Waals surface area (Å²) >= 11 is 0. The normalized spacial score (nSPS) is 10.3. The van der Waals surface area contributed by atoms with Crippen LogP contribution in [0.2, 0.25) is 0 Å². The number of aliphatic hydroxyl groups excluding tert-OH is 1. The minimum absolute atomic E-state index is 0.102. The summed E-state index contributed by atoms with van der Waals surface area (Å²) in [6.45, 7) is 4.15. The number of carbonyl (C=O) groups is 1. The molecule has 0 saturated heterocycles. The maximum atomic E-state index is 12.6. The van der Waals surface area contributed by atoms with E-state index in [1.807, 2.05) is 24.3 Å². The molecule has 2 aromatic rings. The SMILES string of the molecule is C=CCN(CCO)C(=O)c1cn[nH]c1-c1ccc(OC)cc1. The smallest absolute Gasteiger partial charge is 0.258 e. The van der Waals surface area contributed by atoms with Crippen LogP contribution in [0.1, 0.15) is 10.4 Å². The predicted octanol–water partition coefficient (Wildman–Crippen LogP) is 1.71. The van der Waals surface area contributed by atoms with Crippen LogP contribution in [0.4, 0.5) is 0 Å². The van der Waals surface area contributed by atoms with Crippen molar-refractivity contribution in [3.63, 3.8) is 0 Å². The molecule has 1 aromatic heterocycles. The van der Waals surface area contributed by atoms with Crippen LogP contribution >= 0.6 is 0 Å². The van der Waals surface area contributed by atoms with Crippen LogP contribution in [0.15, 0.2) is 43.1 Å². The fourth-order valence-electron chi connectivity index (χ4n) is 2.15. The largest absolute Gasteiger partial charge is 0.497 e. The van der Waals surface area contributed by atoms with Crippen molar-refractivity contribution in [2.45, 2.75) is 0 Å². The average molecular weight is 301 g/mol. The molecule has 0 saturated carbocycles. The number of ether oxygens (including phenoxy) is 1. The van der Waals surface area contributed by atoms with Crippen LogP contribution in [0.3, 0.4) is 0 Å². The van der Waals surface area contributed by atoms with E-state index in [9.17, 15) is 4.79 Å². The number of amides is 1. The molecular formula is C16H19N3O3. The van der Waals surface area contributed by atoms with Crippen LogP contribution in [-0.4, -0.2) is 52.9 Å². The number of aliphatic hydroxyl groups is 1. The number of nitrogens with one attached hydrogen (secondary N) is 1. The lowest BCUT2D eigenvalue weighted by molar-refractivity contribution is 0.0743. The summed E-state index contributed by atoms with van der Waals surface area (Å²) in [5, 5.41) is 15.9. The van der Waals surface area contributed by atoms with Gasteiger partial charge in [0.15, 0.2) is 0 Å². The molecule has 116 valence electrons. The van der Waals surface area contributed by atoms with Crippen LogP contribution in [0, 0.1) is 0 Å². The molecule has 0 fully saturated rings. The molecule has 0 aliphatic carbocycles. The third kappa shape index (κ3) is 3.35. The highest BCUT2D eigenvalue weighted by molar-refractivity contribution is 5.99. The Morgan fingerprint density at radius 2 is 2.18 bits per heavy atom. The number of aromatic nitrogens is 2.